The minimum atomic E-state index is -2.94. The first-order valence-corrected chi connectivity index (χ1v) is 5.84. The average Bonchev–Trinajstić information content (AvgIpc) is 2.27. The van der Waals surface area contributed by atoms with E-state index in [4.69, 9.17) is 16.3 Å². The Balaban J connectivity index is 3.18. The molecule has 100 valence electrons. The van der Waals surface area contributed by atoms with Crippen molar-refractivity contribution in [2.75, 3.05) is 6.61 Å². The molecule has 0 N–H and O–H groups in total. The largest absolute Gasteiger partial charge is 0.462 e. The molecule has 0 atom stereocenters. The van der Waals surface area contributed by atoms with Crippen LogP contribution in [-0.4, -0.2) is 19.2 Å². The summed E-state index contributed by atoms with van der Waals surface area (Å²) in [5.41, 5.74) is 1.31. The number of hydrogen-bond donors (Lipinski definition) is 0. The van der Waals surface area contributed by atoms with Crippen LogP contribution in [0.25, 0.3) is 0 Å². The summed E-state index contributed by atoms with van der Waals surface area (Å²) in [6.45, 7) is 0.574. The van der Waals surface area contributed by atoms with Gasteiger partial charge in [0.15, 0.2) is 0 Å². The normalized spacial score (nSPS) is 10.6. The SMILES string of the molecule is CCOC(=O)c1cc(OC(F)F)cc(C)c1CCl. The maximum atomic E-state index is 12.2. The van der Waals surface area contributed by atoms with E-state index in [0.29, 0.717) is 11.1 Å². The lowest BCUT2D eigenvalue weighted by molar-refractivity contribution is -0.0499. The second kappa shape index (κ2) is 6.54. The Morgan fingerprint density at radius 2 is 2.11 bits per heavy atom. The van der Waals surface area contributed by atoms with E-state index in [-0.39, 0.29) is 23.8 Å². The quantitative estimate of drug-likeness (QED) is 0.611. The van der Waals surface area contributed by atoms with Crippen LogP contribution < -0.4 is 4.74 Å². The summed E-state index contributed by atoms with van der Waals surface area (Å²) >= 11 is 5.74. The molecule has 0 spiro atoms. The van der Waals surface area contributed by atoms with Gasteiger partial charge in [0, 0.05) is 5.88 Å². The summed E-state index contributed by atoms with van der Waals surface area (Å²) in [5, 5.41) is 0. The lowest BCUT2D eigenvalue weighted by atomic mass is 10.0. The predicted molar refractivity (Wildman–Crippen MR) is 63.3 cm³/mol. The van der Waals surface area contributed by atoms with E-state index in [0.717, 1.165) is 0 Å². The Morgan fingerprint density at radius 3 is 2.61 bits per heavy atom. The number of hydrogen-bond acceptors (Lipinski definition) is 3. The Morgan fingerprint density at radius 1 is 1.44 bits per heavy atom. The minimum Gasteiger partial charge on any atom is -0.462 e. The van der Waals surface area contributed by atoms with Crippen LogP contribution >= 0.6 is 11.6 Å². The first-order chi connectivity index (χ1) is 8.49. The van der Waals surface area contributed by atoms with Gasteiger partial charge in [0.1, 0.15) is 5.75 Å². The zero-order valence-electron chi connectivity index (χ0n) is 10.0. The van der Waals surface area contributed by atoms with Crippen LogP contribution in [0.1, 0.15) is 28.4 Å². The van der Waals surface area contributed by atoms with Gasteiger partial charge in [-0.3, -0.25) is 0 Å². The summed E-state index contributed by atoms with van der Waals surface area (Å²) in [5.74, 6) is -0.593. The fraction of sp³-hybridized carbons (Fsp3) is 0.417. The maximum Gasteiger partial charge on any atom is 0.387 e. The number of aryl methyl sites for hydroxylation is 1. The summed E-state index contributed by atoms with van der Waals surface area (Å²) in [6, 6.07) is 2.63. The number of alkyl halides is 3. The molecule has 0 unspecified atom stereocenters. The van der Waals surface area contributed by atoms with Crippen LogP contribution in [0.15, 0.2) is 12.1 Å². The van der Waals surface area contributed by atoms with E-state index in [1.54, 1.807) is 13.8 Å². The zero-order valence-corrected chi connectivity index (χ0v) is 10.8. The van der Waals surface area contributed by atoms with Crippen LogP contribution in [0.3, 0.4) is 0 Å². The first kappa shape index (κ1) is 14.7. The van der Waals surface area contributed by atoms with E-state index in [1.807, 2.05) is 0 Å². The van der Waals surface area contributed by atoms with Crippen LogP contribution in [-0.2, 0) is 10.6 Å². The Hall–Kier alpha value is -1.36. The molecular formula is C12H13ClF2O3. The van der Waals surface area contributed by atoms with Crippen LogP contribution in [0.5, 0.6) is 5.75 Å². The lowest BCUT2D eigenvalue weighted by Gasteiger charge is -2.13. The number of carbonyl (C=O) groups is 1. The number of benzene rings is 1. The molecule has 1 aromatic carbocycles. The van der Waals surface area contributed by atoms with Gasteiger partial charge in [-0.25, -0.2) is 4.79 Å². The standard InChI is InChI=1S/C12H13ClF2O3/c1-3-17-11(16)9-5-8(18-12(14)15)4-7(2)10(9)6-13/h4-5,12H,3,6H2,1-2H3. The molecule has 0 aliphatic carbocycles. The van der Waals surface area contributed by atoms with E-state index < -0.39 is 12.6 Å². The molecule has 0 heterocycles. The van der Waals surface area contributed by atoms with Crippen molar-refractivity contribution in [1.82, 2.24) is 0 Å². The van der Waals surface area contributed by atoms with Crippen molar-refractivity contribution in [1.29, 1.82) is 0 Å². The summed E-state index contributed by atoms with van der Waals surface area (Å²) in [4.78, 5) is 11.7. The summed E-state index contributed by atoms with van der Waals surface area (Å²) in [6.07, 6.45) is 0. The van der Waals surface area contributed by atoms with E-state index in [2.05, 4.69) is 4.74 Å². The summed E-state index contributed by atoms with van der Waals surface area (Å²) < 4.78 is 33.4. The molecule has 1 rings (SSSR count). The average molecular weight is 279 g/mol. The van der Waals surface area contributed by atoms with Crippen molar-refractivity contribution in [3.05, 3.63) is 28.8 Å². The monoisotopic (exact) mass is 278 g/mol. The number of halogens is 3. The highest BCUT2D eigenvalue weighted by Gasteiger charge is 2.17. The third-order valence-corrected chi connectivity index (χ3v) is 2.57. The number of esters is 1. The summed E-state index contributed by atoms with van der Waals surface area (Å²) in [7, 11) is 0. The van der Waals surface area contributed by atoms with Crippen LogP contribution in [0.2, 0.25) is 0 Å². The molecular weight excluding hydrogens is 266 g/mol. The molecule has 6 heteroatoms. The molecule has 18 heavy (non-hydrogen) atoms. The number of ether oxygens (including phenoxy) is 2. The second-order valence-corrected chi connectivity index (χ2v) is 3.77. The van der Waals surface area contributed by atoms with Gasteiger partial charge in [-0.1, -0.05) is 0 Å². The van der Waals surface area contributed by atoms with Crippen molar-refractivity contribution in [2.24, 2.45) is 0 Å². The van der Waals surface area contributed by atoms with Crippen molar-refractivity contribution in [3.63, 3.8) is 0 Å². The molecule has 0 aliphatic rings. The fourth-order valence-corrected chi connectivity index (χ4v) is 1.88. The molecule has 1 aromatic rings. The van der Waals surface area contributed by atoms with Crippen LogP contribution in [0, 0.1) is 6.92 Å². The topological polar surface area (TPSA) is 35.5 Å². The van der Waals surface area contributed by atoms with E-state index >= 15 is 0 Å². The molecule has 0 saturated carbocycles. The van der Waals surface area contributed by atoms with Gasteiger partial charge in [0.25, 0.3) is 0 Å². The Bertz CT molecular complexity index is 436. The van der Waals surface area contributed by atoms with Gasteiger partial charge in [-0.15, -0.1) is 11.6 Å². The first-order valence-electron chi connectivity index (χ1n) is 5.31. The van der Waals surface area contributed by atoms with Crippen molar-refractivity contribution in [2.45, 2.75) is 26.3 Å². The molecule has 0 saturated heterocycles. The fourth-order valence-electron chi connectivity index (χ4n) is 1.52. The molecule has 0 amide bonds. The molecule has 0 aliphatic heterocycles. The van der Waals surface area contributed by atoms with Gasteiger partial charge >= 0.3 is 12.6 Å². The van der Waals surface area contributed by atoms with Crippen molar-refractivity contribution < 1.29 is 23.0 Å². The highest BCUT2D eigenvalue weighted by atomic mass is 35.5. The molecule has 0 radical (unpaired) electrons. The van der Waals surface area contributed by atoms with Gasteiger partial charge in [-0.05, 0) is 37.1 Å². The predicted octanol–water partition coefficient (Wildman–Crippen LogP) is 3.51. The van der Waals surface area contributed by atoms with E-state index in [9.17, 15) is 13.6 Å². The van der Waals surface area contributed by atoms with Gasteiger partial charge < -0.3 is 9.47 Å². The lowest BCUT2D eigenvalue weighted by Crippen LogP contribution is -2.10. The van der Waals surface area contributed by atoms with Crippen molar-refractivity contribution in [3.8, 4) is 5.75 Å². The van der Waals surface area contributed by atoms with Gasteiger partial charge in [0.2, 0.25) is 0 Å². The molecule has 0 fully saturated rings. The Kier molecular flexibility index (Phi) is 5.34. The Labute approximate surface area is 109 Å². The van der Waals surface area contributed by atoms with Crippen molar-refractivity contribution >= 4 is 17.6 Å². The minimum absolute atomic E-state index is 0.0839. The van der Waals surface area contributed by atoms with Crippen LogP contribution in [0.4, 0.5) is 8.78 Å². The third kappa shape index (κ3) is 3.57. The third-order valence-electron chi connectivity index (χ3n) is 2.30. The molecule has 0 bridgehead atoms. The van der Waals surface area contributed by atoms with Gasteiger partial charge in [-0.2, -0.15) is 8.78 Å². The molecule has 0 aromatic heterocycles. The number of rotatable bonds is 5. The maximum absolute atomic E-state index is 12.2. The highest BCUT2D eigenvalue weighted by molar-refractivity contribution is 6.17. The second-order valence-electron chi connectivity index (χ2n) is 3.50. The smallest absolute Gasteiger partial charge is 0.387 e. The van der Waals surface area contributed by atoms with E-state index in [1.165, 1.54) is 12.1 Å². The highest BCUT2D eigenvalue weighted by Crippen LogP contribution is 2.25. The zero-order chi connectivity index (χ0) is 13.7. The number of carbonyl (C=O) groups excluding carboxylic acids is 1. The molecule has 3 nitrogen and oxygen atoms in total. The van der Waals surface area contributed by atoms with Gasteiger partial charge in [0.05, 0.1) is 12.2 Å².